The van der Waals surface area contributed by atoms with Crippen molar-refractivity contribution in [1.82, 2.24) is 14.9 Å². The summed E-state index contributed by atoms with van der Waals surface area (Å²) < 4.78 is 11.0. The molecule has 0 amide bonds. The van der Waals surface area contributed by atoms with Gasteiger partial charge in [-0.25, -0.2) is 4.98 Å². The molecule has 0 bridgehead atoms. The van der Waals surface area contributed by atoms with Gasteiger partial charge in [0.1, 0.15) is 5.75 Å². The second-order valence-electron chi connectivity index (χ2n) is 7.38. The van der Waals surface area contributed by atoms with E-state index in [2.05, 4.69) is 20.2 Å². The van der Waals surface area contributed by atoms with Crippen LogP contribution >= 0.6 is 11.6 Å². The summed E-state index contributed by atoms with van der Waals surface area (Å²) in [7, 11) is 3.54. The average molecular weight is 419 g/mol. The van der Waals surface area contributed by atoms with Gasteiger partial charge in [-0.3, -0.25) is 0 Å². The highest BCUT2D eigenvalue weighted by Gasteiger charge is 2.25. The Morgan fingerprint density at radius 3 is 2.90 bits per heavy atom. The summed E-state index contributed by atoms with van der Waals surface area (Å²) in [4.78, 5) is 11.1. The summed E-state index contributed by atoms with van der Waals surface area (Å²) in [5, 5.41) is 24.0. The number of aliphatic hydroxyl groups excluding tert-OH is 1. The number of methoxy groups -OCH3 is 1. The molecular formula is C20H23ClN4O4. The number of aromatic hydroxyl groups is 1. The van der Waals surface area contributed by atoms with Gasteiger partial charge in [0, 0.05) is 36.8 Å². The Morgan fingerprint density at radius 1 is 1.31 bits per heavy atom. The number of benzene rings is 1. The number of aromatic nitrogens is 2. The van der Waals surface area contributed by atoms with Crippen LogP contribution in [0.1, 0.15) is 12.0 Å². The Labute approximate surface area is 173 Å². The van der Waals surface area contributed by atoms with E-state index in [1.165, 1.54) is 6.07 Å². The van der Waals surface area contributed by atoms with Crippen molar-refractivity contribution in [2.24, 2.45) is 0 Å². The standard InChI is InChI=1S/C20H23ClN4O4/c1-25-8-13(7-14(26)9-25)22-20-24-19-17(29-20)4-3-15(23-19)18-11(10-28-2)5-12(21)6-16(18)27/h3-6,13-14,26-27H,7-10H2,1-2H3,(H,22,23,24)/t13-,14+/m1/s1. The molecule has 1 aliphatic heterocycles. The van der Waals surface area contributed by atoms with Gasteiger partial charge in [-0.05, 0) is 43.3 Å². The largest absolute Gasteiger partial charge is 0.507 e. The van der Waals surface area contributed by atoms with E-state index in [9.17, 15) is 10.2 Å². The molecule has 4 rings (SSSR count). The maximum absolute atomic E-state index is 10.4. The number of anilines is 1. The van der Waals surface area contributed by atoms with Crippen LogP contribution in [-0.4, -0.2) is 64.5 Å². The van der Waals surface area contributed by atoms with Crippen LogP contribution in [0, 0.1) is 0 Å². The van der Waals surface area contributed by atoms with Crippen LogP contribution in [0.5, 0.6) is 5.75 Å². The molecule has 1 aromatic carbocycles. The highest BCUT2D eigenvalue weighted by molar-refractivity contribution is 6.31. The molecule has 1 saturated heterocycles. The van der Waals surface area contributed by atoms with E-state index in [-0.39, 0.29) is 24.5 Å². The van der Waals surface area contributed by atoms with Gasteiger partial charge >= 0.3 is 0 Å². The third-order valence-corrected chi connectivity index (χ3v) is 5.13. The number of β-amino-alcohol motifs (C(OH)–C–C–N with tert-alkyl or cyclic N) is 1. The van der Waals surface area contributed by atoms with Gasteiger partial charge in [0.05, 0.1) is 18.4 Å². The predicted octanol–water partition coefficient (Wildman–Crippen LogP) is 2.87. The average Bonchev–Trinajstić information content (AvgIpc) is 3.02. The number of halogens is 1. The minimum atomic E-state index is -0.382. The van der Waals surface area contributed by atoms with Crippen LogP contribution in [0.4, 0.5) is 6.01 Å². The van der Waals surface area contributed by atoms with Crippen LogP contribution in [0.3, 0.4) is 0 Å². The molecule has 1 aliphatic rings. The molecule has 2 atom stereocenters. The number of pyridine rings is 1. The Balaban J connectivity index is 1.64. The van der Waals surface area contributed by atoms with Gasteiger partial charge in [0.25, 0.3) is 6.01 Å². The summed E-state index contributed by atoms with van der Waals surface area (Å²) >= 11 is 6.06. The zero-order chi connectivity index (χ0) is 20.5. The van der Waals surface area contributed by atoms with Crippen LogP contribution in [-0.2, 0) is 11.3 Å². The molecule has 3 heterocycles. The van der Waals surface area contributed by atoms with E-state index in [0.29, 0.717) is 46.5 Å². The number of aliphatic hydroxyl groups is 1. The Kier molecular flexibility index (Phi) is 5.60. The normalized spacial score (nSPS) is 20.3. The maximum Gasteiger partial charge on any atom is 0.297 e. The molecule has 154 valence electrons. The molecule has 1 fully saturated rings. The van der Waals surface area contributed by atoms with Gasteiger partial charge in [-0.2, -0.15) is 4.98 Å². The van der Waals surface area contributed by atoms with Crippen molar-refractivity contribution in [3.8, 4) is 17.0 Å². The third kappa shape index (κ3) is 4.30. The summed E-state index contributed by atoms with van der Waals surface area (Å²) in [6.07, 6.45) is 0.244. The van der Waals surface area contributed by atoms with Crippen molar-refractivity contribution in [3.63, 3.8) is 0 Å². The Bertz CT molecular complexity index is 1020. The smallest absolute Gasteiger partial charge is 0.297 e. The molecule has 29 heavy (non-hydrogen) atoms. The molecule has 3 N–H and O–H groups in total. The molecule has 9 heteroatoms. The maximum atomic E-state index is 10.4. The number of rotatable bonds is 5. The lowest BCUT2D eigenvalue weighted by Gasteiger charge is -2.33. The van der Waals surface area contributed by atoms with E-state index in [4.69, 9.17) is 20.8 Å². The van der Waals surface area contributed by atoms with Crippen molar-refractivity contribution >= 4 is 28.8 Å². The van der Waals surface area contributed by atoms with Crippen LogP contribution in [0.15, 0.2) is 28.7 Å². The van der Waals surface area contributed by atoms with E-state index >= 15 is 0 Å². The first kappa shape index (κ1) is 19.9. The van der Waals surface area contributed by atoms with Crippen molar-refractivity contribution in [1.29, 1.82) is 0 Å². The van der Waals surface area contributed by atoms with Gasteiger partial charge in [0.15, 0.2) is 5.58 Å². The summed E-state index contributed by atoms with van der Waals surface area (Å²) in [5.41, 5.74) is 2.78. The van der Waals surface area contributed by atoms with E-state index in [1.54, 1.807) is 25.3 Å². The molecule has 0 unspecified atom stereocenters. The molecule has 2 aromatic heterocycles. The summed E-state index contributed by atoms with van der Waals surface area (Å²) in [6, 6.07) is 7.13. The number of phenolic OH excluding ortho intramolecular Hbond substituents is 1. The van der Waals surface area contributed by atoms with Gasteiger partial charge < -0.3 is 29.6 Å². The minimum Gasteiger partial charge on any atom is -0.507 e. The zero-order valence-electron chi connectivity index (χ0n) is 16.2. The van der Waals surface area contributed by atoms with Crippen molar-refractivity contribution < 1.29 is 19.4 Å². The van der Waals surface area contributed by atoms with Gasteiger partial charge in [0.2, 0.25) is 5.65 Å². The number of ether oxygens (including phenoxy) is 1. The number of nitrogens with zero attached hydrogens (tertiary/aromatic N) is 3. The Hall–Kier alpha value is -2.39. The first-order valence-electron chi connectivity index (χ1n) is 9.34. The SMILES string of the molecule is COCc1cc(Cl)cc(O)c1-c1ccc2oc(N[C@@H]3C[C@H](O)CN(C)C3)nc2n1. The second-order valence-corrected chi connectivity index (χ2v) is 7.82. The summed E-state index contributed by atoms with van der Waals surface area (Å²) in [6.45, 7) is 1.73. The number of piperidine rings is 1. The van der Waals surface area contributed by atoms with E-state index in [0.717, 1.165) is 12.1 Å². The first-order chi connectivity index (χ1) is 13.9. The lowest BCUT2D eigenvalue weighted by Crippen LogP contribution is -2.46. The van der Waals surface area contributed by atoms with Crippen molar-refractivity contribution in [2.45, 2.75) is 25.2 Å². The predicted molar refractivity (Wildman–Crippen MR) is 110 cm³/mol. The molecule has 8 nitrogen and oxygen atoms in total. The quantitative estimate of drug-likeness (QED) is 0.581. The Morgan fingerprint density at radius 2 is 2.14 bits per heavy atom. The fraction of sp³-hybridized carbons (Fsp3) is 0.400. The van der Waals surface area contributed by atoms with Crippen LogP contribution in [0.25, 0.3) is 22.5 Å². The van der Waals surface area contributed by atoms with Crippen molar-refractivity contribution in [2.75, 3.05) is 32.6 Å². The van der Waals surface area contributed by atoms with E-state index in [1.807, 2.05) is 7.05 Å². The molecule has 0 spiro atoms. The molecule has 0 radical (unpaired) electrons. The lowest BCUT2D eigenvalue weighted by atomic mass is 10.0. The van der Waals surface area contributed by atoms with Crippen LogP contribution in [0.2, 0.25) is 5.02 Å². The number of hydrogen-bond donors (Lipinski definition) is 3. The van der Waals surface area contributed by atoms with Gasteiger partial charge in [-0.1, -0.05) is 11.6 Å². The molecule has 0 aliphatic carbocycles. The number of phenols is 1. The molecular weight excluding hydrogens is 396 g/mol. The highest BCUT2D eigenvalue weighted by Crippen LogP contribution is 2.36. The minimum absolute atomic E-state index is 0.0254. The fourth-order valence-corrected chi connectivity index (χ4v) is 4.03. The number of hydrogen-bond acceptors (Lipinski definition) is 8. The molecule has 0 saturated carbocycles. The van der Waals surface area contributed by atoms with Gasteiger partial charge in [-0.15, -0.1) is 0 Å². The second kappa shape index (κ2) is 8.16. The number of likely N-dealkylation sites (tertiary alicyclic amines) is 1. The number of nitrogens with one attached hydrogen (secondary N) is 1. The van der Waals surface area contributed by atoms with Crippen LogP contribution < -0.4 is 5.32 Å². The molecule has 3 aromatic rings. The monoisotopic (exact) mass is 418 g/mol. The number of fused-ring (bicyclic) bond motifs is 1. The topological polar surface area (TPSA) is 104 Å². The van der Waals surface area contributed by atoms with E-state index < -0.39 is 0 Å². The highest BCUT2D eigenvalue weighted by atomic mass is 35.5. The number of likely N-dealkylation sites (N-methyl/N-ethyl adjacent to an activating group) is 1. The zero-order valence-corrected chi connectivity index (χ0v) is 17.0. The summed E-state index contributed by atoms with van der Waals surface area (Å²) in [5.74, 6) is 0.0254. The lowest BCUT2D eigenvalue weighted by molar-refractivity contribution is 0.0775. The third-order valence-electron chi connectivity index (χ3n) is 4.91. The first-order valence-corrected chi connectivity index (χ1v) is 9.72. The fourth-order valence-electron chi connectivity index (χ4n) is 3.80. The van der Waals surface area contributed by atoms with Crippen molar-refractivity contribution in [3.05, 3.63) is 34.9 Å². The number of oxazole rings is 1.